The molecule has 7 heteroatoms. The fourth-order valence-corrected chi connectivity index (χ4v) is 3.43. The Morgan fingerprint density at radius 3 is 2.23 bits per heavy atom. The number of carbonyl (C=O) groups is 3. The van der Waals surface area contributed by atoms with Gasteiger partial charge in [-0.2, -0.15) is 0 Å². The first kappa shape index (κ1) is 22.3. The number of nitrogens with zero attached hydrogens (tertiary/aromatic N) is 1. The molecule has 0 aromatic heterocycles. The second-order valence-corrected chi connectivity index (χ2v) is 8.05. The number of carbonyl (C=O) groups excluding carboxylic acids is 3. The van der Waals surface area contributed by atoms with Crippen LogP contribution in [0.2, 0.25) is 0 Å². The van der Waals surface area contributed by atoms with Crippen molar-refractivity contribution in [3.05, 3.63) is 60.2 Å². The number of hydrogen-bond donors (Lipinski definition) is 2. The van der Waals surface area contributed by atoms with Gasteiger partial charge in [-0.25, -0.2) is 4.79 Å². The van der Waals surface area contributed by atoms with E-state index in [4.69, 9.17) is 4.74 Å². The highest BCUT2D eigenvalue weighted by Crippen LogP contribution is 2.19. The van der Waals surface area contributed by atoms with Crippen LogP contribution in [0.15, 0.2) is 54.6 Å². The molecule has 0 saturated carbocycles. The van der Waals surface area contributed by atoms with E-state index in [0.717, 1.165) is 12.8 Å². The summed E-state index contributed by atoms with van der Waals surface area (Å²) in [4.78, 5) is 38.2. The van der Waals surface area contributed by atoms with Crippen molar-refractivity contribution in [1.29, 1.82) is 0 Å². The van der Waals surface area contributed by atoms with E-state index in [1.54, 1.807) is 29.2 Å². The van der Waals surface area contributed by atoms with Gasteiger partial charge < -0.3 is 20.3 Å². The third-order valence-corrected chi connectivity index (χ3v) is 5.41. The van der Waals surface area contributed by atoms with Crippen LogP contribution in [0.5, 0.6) is 5.75 Å². The van der Waals surface area contributed by atoms with Gasteiger partial charge in [-0.15, -0.1) is 0 Å². The first-order chi connectivity index (χ1) is 14.9. The standard InChI is InChI=1S/C24H29N3O4/c1-17(2)19-8-10-20(11-9-19)26-23(29)22(28)25-16-18-12-14-27(15-13-18)24(30)31-21-6-4-3-5-7-21/h3-11,17-18H,12-16H2,1-2H3,(H,25,28)(H,26,29). The molecule has 0 unspecified atom stereocenters. The summed E-state index contributed by atoms with van der Waals surface area (Å²) in [5.74, 6) is -0.200. The molecule has 2 aromatic rings. The van der Waals surface area contributed by atoms with Crippen LogP contribution < -0.4 is 15.4 Å². The highest BCUT2D eigenvalue weighted by Gasteiger charge is 2.25. The summed E-state index contributed by atoms with van der Waals surface area (Å²) in [6.07, 6.45) is 1.11. The number of hydrogen-bond acceptors (Lipinski definition) is 4. The van der Waals surface area contributed by atoms with Gasteiger partial charge in [-0.3, -0.25) is 9.59 Å². The van der Waals surface area contributed by atoms with Crippen molar-refractivity contribution in [1.82, 2.24) is 10.2 Å². The molecule has 3 rings (SSSR count). The first-order valence-electron chi connectivity index (χ1n) is 10.6. The minimum atomic E-state index is -0.679. The normalized spacial score (nSPS) is 14.2. The Hall–Kier alpha value is -3.35. The maximum atomic E-state index is 12.2. The molecule has 0 atom stereocenters. The molecule has 0 aliphatic carbocycles. The van der Waals surface area contributed by atoms with Crippen molar-refractivity contribution < 1.29 is 19.1 Å². The van der Waals surface area contributed by atoms with Crippen molar-refractivity contribution >= 4 is 23.6 Å². The van der Waals surface area contributed by atoms with E-state index < -0.39 is 11.8 Å². The minimum Gasteiger partial charge on any atom is -0.410 e. The van der Waals surface area contributed by atoms with Crippen molar-refractivity contribution in [2.24, 2.45) is 5.92 Å². The maximum absolute atomic E-state index is 12.2. The molecule has 3 amide bonds. The molecular formula is C24H29N3O4. The lowest BCUT2D eigenvalue weighted by molar-refractivity contribution is -0.136. The Morgan fingerprint density at radius 1 is 0.968 bits per heavy atom. The predicted molar refractivity (Wildman–Crippen MR) is 119 cm³/mol. The van der Waals surface area contributed by atoms with Gasteiger partial charge in [0.1, 0.15) is 5.75 Å². The fourth-order valence-electron chi connectivity index (χ4n) is 3.43. The molecule has 1 aliphatic rings. The lowest BCUT2D eigenvalue weighted by atomic mass is 9.97. The van der Waals surface area contributed by atoms with E-state index in [2.05, 4.69) is 24.5 Å². The number of piperidine rings is 1. The van der Waals surface area contributed by atoms with E-state index in [0.29, 0.717) is 37.0 Å². The number of benzene rings is 2. The zero-order valence-corrected chi connectivity index (χ0v) is 18.0. The molecule has 1 heterocycles. The number of likely N-dealkylation sites (tertiary alicyclic amines) is 1. The van der Waals surface area contributed by atoms with Crippen LogP contribution >= 0.6 is 0 Å². The zero-order valence-electron chi connectivity index (χ0n) is 18.0. The van der Waals surface area contributed by atoms with Crippen LogP contribution in [0.25, 0.3) is 0 Å². The van der Waals surface area contributed by atoms with Gasteiger partial charge in [0.05, 0.1) is 0 Å². The topological polar surface area (TPSA) is 87.7 Å². The summed E-state index contributed by atoms with van der Waals surface area (Å²) in [6, 6.07) is 16.4. The van der Waals surface area contributed by atoms with Gasteiger partial charge in [-0.05, 0) is 54.5 Å². The molecule has 31 heavy (non-hydrogen) atoms. The maximum Gasteiger partial charge on any atom is 0.415 e. The van der Waals surface area contributed by atoms with Crippen LogP contribution in [0.4, 0.5) is 10.5 Å². The Bertz CT molecular complexity index is 889. The highest BCUT2D eigenvalue weighted by atomic mass is 16.6. The Labute approximate surface area is 182 Å². The number of rotatable bonds is 5. The third-order valence-electron chi connectivity index (χ3n) is 5.41. The summed E-state index contributed by atoms with van der Waals surface area (Å²) >= 11 is 0. The van der Waals surface area contributed by atoms with E-state index in [-0.39, 0.29) is 12.0 Å². The minimum absolute atomic E-state index is 0.211. The molecule has 164 valence electrons. The number of nitrogens with one attached hydrogen (secondary N) is 2. The van der Waals surface area contributed by atoms with Crippen molar-refractivity contribution in [2.45, 2.75) is 32.6 Å². The molecular weight excluding hydrogens is 394 g/mol. The zero-order chi connectivity index (χ0) is 22.2. The second-order valence-electron chi connectivity index (χ2n) is 8.05. The van der Waals surface area contributed by atoms with E-state index in [9.17, 15) is 14.4 Å². The van der Waals surface area contributed by atoms with E-state index in [1.807, 2.05) is 30.3 Å². The van der Waals surface area contributed by atoms with Crippen LogP contribution in [-0.2, 0) is 9.59 Å². The summed E-state index contributed by atoms with van der Waals surface area (Å²) < 4.78 is 5.36. The quantitative estimate of drug-likeness (QED) is 0.717. The van der Waals surface area contributed by atoms with Crippen LogP contribution in [0.3, 0.4) is 0 Å². The van der Waals surface area contributed by atoms with Gasteiger partial charge in [0.15, 0.2) is 0 Å². The lowest BCUT2D eigenvalue weighted by Gasteiger charge is -2.31. The van der Waals surface area contributed by atoms with E-state index in [1.165, 1.54) is 5.56 Å². The smallest absolute Gasteiger partial charge is 0.410 e. The van der Waals surface area contributed by atoms with Crippen LogP contribution in [0, 0.1) is 5.92 Å². The van der Waals surface area contributed by atoms with Gasteiger partial charge in [-0.1, -0.05) is 44.2 Å². The molecule has 2 aromatic carbocycles. The molecule has 7 nitrogen and oxygen atoms in total. The molecule has 2 N–H and O–H groups in total. The highest BCUT2D eigenvalue weighted by molar-refractivity contribution is 6.39. The van der Waals surface area contributed by atoms with Crippen molar-refractivity contribution in [2.75, 3.05) is 25.0 Å². The van der Waals surface area contributed by atoms with Gasteiger partial charge in [0, 0.05) is 25.3 Å². The SMILES string of the molecule is CC(C)c1ccc(NC(=O)C(=O)NCC2CCN(C(=O)Oc3ccccc3)CC2)cc1. The predicted octanol–water partition coefficient (Wildman–Crippen LogP) is 3.78. The molecule has 0 radical (unpaired) electrons. The summed E-state index contributed by atoms with van der Waals surface area (Å²) in [5, 5.41) is 5.32. The Kier molecular flexibility index (Phi) is 7.65. The second kappa shape index (κ2) is 10.6. The summed E-state index contributed by atoms with van der Waals surface area (Å²) in [5.41, 5.74) is 1.76. The Morgan fingerprint density at radius 2 is 1.61 bits per heavy atom. The van der Waals surface area contributed by atoms with Gasteiger partial charge in [0.2, 0.25) is 0 Å². The Balaban J connectivity index is 1.38. The largest absolute Gasteiger partial charge is 0.415 e. The van der Waals surface area contributed by atoms with Gasteiger partial charge in [0.25, 0.3) is 0 Å². The van der Waals surface area contributed by atoms with E-state index >= 15 is 0 Å². The molecule has 0 spiro atoms. The molecule has 1 saturated heterocycles. The monoisotopic (exact) mass is 423 g/mol. The van der Waals surface area contributed by atoms with Crippen LogP contribution in [0.1, 0.15) is 38.2 Å². The van der Waals surface area contributed by atoms with Crippen molar-refractivity contribution in [3.8, 4) is 5.75 Å². The van der Waals surface area contributed by atoms with Crippen LogP contribution in [-0.4, -0.2) is 42.4 Å². The number of anilines is 1. The molecule has 0 bridgehead atoms. The number of amides is 3. The average molecular weight is 424 g/mol. The summed E-state index contributed by atoms with van der Waals surface area (Å²) in [7, 11) is 0. The number of ether oxygens (including phenoxy) is 1. The average Bonchev–Trinajstić information content (AvgIpc) is 2.78. The lowest BCUT2D eigenvalue weighted by Crippen LogP contribution is -2.44. The van der Waals surface area contributed by atoms with Crippen molar-refractivity contribution in [3.63, 3.8) is 0 Å². The first-order valence-corrected chi connectivity index (χ1v) is 10.6. The molecule has 1 aliphatic heterocycles. The number of para-hydroxylation sites is 1. The summed E-state index contributed by atoms with van der Waals surface area (Å²) in [6.45, 7) is 5.71. The third kappa shape index (κ3) is 6.57. The van der Waals surface area contributed by atoms with Gasteiger partial charge >= 0.3 is 17.9 Å². The molecule has 1 fully saturated rings. The fraction of sp³-hybridized carbons (Fsp3) is 0.375.